The van der Waals surface area contributed by atoms with Crippen molar-refractivity contribution in [1.82, 2.24) is 0 Å². The molecular formula is C13H24O9. The lowest BCUT2D eigenvalue weighted by molar-refractivity contribution is -0.318. The molecule has 0 aromatic carbocycles. The third-order valence-electron chi connectivity index (χ3n) is 3.97. The SMILES string of the molecule is COC1CC(O)[C@H](O[C@@H]2C[C@@H](O)[C@H](O)C(CO)O2)[C@@H](CO)O1. The van der Waals surface area contributed by atoms with Crippen molar-refractivity contribution in [3.63, 3.8) is 0 Å². The quantitative estimate of drug-likeness (QED) is 0.366. The van der Waals surface area contributed by atoms with Gasteiger partial charge in [0.2, 0.25) is 0 Å². The standard InChI is InChI=1S/C13H24O9/c1-19-10-3-7(17)13(9(5-15)21-10)22-11-2-6(16)12(18)8(4-14)20-11/h6-18H,2-5H2,1H3/t6-,7?,8?,9-,10?,11-,12+,13+/m1/s1. The van der Waals surface area contributed by atoms with Gasteiger partial charge in [-0.05, 0) is 0 Å². The van der Waals surface area contributed by atoms with Gasteiger partial charge in [0, 0.05) is 20.0 Å². The fourth-order valence-electron chi connectivity index (χ4n) is 2.71. The van der Waals surface area contributed by atoms with Crippen LogP contribution in [0.1, 0.15) is 12.8 Å². The Morgan fingerprint density at radius 1 is 0.909 bits per heavy atom. The van der Waals surface area contributed by atoms with Gasteiger partial charge in [-0.3, -0.25) is 0 Å². The Morgan fingerprint density at radius 2 is 1.50 bits per heavy atom. The zero-order chi connectivity index (χ0) is 16.3. The summed E-state index contributed by atoms with van der Waals surface area (Å²) in [6.07, 6.45) is -7.36. The van der Waals surface area contributed by atoms with Gasteiger partial charge >= 0.3 is 0 Å². The Balaban J connectivity index is 1.99. The molecule has 2 heterocycles. The number of ether oxygens (including phenoxy) is 4. The molecule has 0 aromatic heterocycles. The molecule has 0 aromatic rings. The predicted molar refractivity (Wildman–Crippen MR) is 70.6 cm³/mol. The van der Waals surface area contributed by atoms with E-state index in [1.807, 2.05) is 0 Å². The van der Waals surface area contributed by atoms with E-state index in [0.29, 0.717) is 0 Å². The van der Waals surface area contributed by atoms with Crippen molar-refractivity contribution in [2.24, 2.45) is 0 Å². The largest absolute Gasteiger partial charge is 0.394 e. The summed E-state index contributed by atoms with van der Waals surface area (Å²) in [5, 5.41) is 48.1. The summed E-state index contributed by atoms with van der Waals surface area (Å²) in [6, 6.07) is 0. The van der Waals surface area contributed by atoms with Crippen LogP contribution in [-0.4, -0.2) is 95.1 Å². The van der Waals surface area contributed by atoms with E-state index in [2.05, 4.69) is 0 Å². The van der Waals surface area contributed by atoms with Crippen LogP contribution in [-0.2, 0) is 18.9 Å². The van der Waals surface area contributed by atoms with Gasteiger partial charge in [-0.25, -0.2) is 0 Å². The monoisotopic (exact) mass is 324 g/mol. The summed E-state index contributed by atoms with van der Waals surface area (Å²) in [5.41, 5.74) is 0. The Bertz CT molecular complexity index is 341. The van der Waals surface area contributed by atoms with Crippen molar-refractivity contribution in [3.8, 4) is 0 Å². The van der Waals surface area contributed by atoms with Crippen LogP contribution in [0.2, 0.25) is 0 Å². The van der Waals surface area contributed by atoms with Crippen LogP contribution in [0.5, 0.6) is 0 Å². The van der Waals surface area contributed by atoms with Crippen molar-refractivity contribution in [2.45, 2.75) is 62.0 Å². The molecule has 130 valence electrons. The van der Waals surface area contributed by atoms with Crippen molar-refractivity contribution >= 4 is 0 Å². The van der Waals surface area contributed by atoms with E-state index in [1.54, 1.807) is 0 Å². The number of aliphatic hydroxyl groups is 5. The van der Waals surface area contributed by atoms with Gasteiger partial charge in [-0.15, -0.1) is 0 Å². The molecule has 2 aliphatic heterocycles. The highest BCUT2D eigenvalue weighted by atomic mass is 16.7. The zero-order valence-electron chi connectivity index (χ0n) is 12.3. The fraction of sp³-hybridized carbons (Fsp3) is 1.00. The number of rotatable bonds is 5. The maximum absolute atomic E-state index is 10.1. The highest BCUT2D eigenvalue weighted by molar-refractivity contribution is 4.87. The first kappa shape index (κ1) is 18.0. The number of hydrogen-bond acceptors (Lipinski definition) is 9. The Morgan fingerprint density at radius 3 is 2.09 bits per heavy atom. The average molecular weight is 324 g/mol. The summed E-state index contributed by atoms with van der Waals surface area (Å²) < 4.78 is 21.4. The van der Waals surface area contributed by atoms with E-state index in [-0.39, 0.29) is 19.4 Å². The molecule has 0 saturated carbocycles. The van der Waals surface area contributed by atoms with Crippen molar-refractivity contribution in [2.75, 3.05) is 20.3 Å². The lowest BCUT2D eigenvalue weighted by Crippen LogP contribution is -2.56. The van der Waals surface area contributed by atoms with Crippen LogP contribution < -0.4 is 0 Å². The molecule has 3 unspecified atom stereocenters. The first-order valence-corrected chi connectivity index (χ1v) is 7.25. The molecule has 0 amide bonds. The fourth-order valence-corrected chi connectivity index (χ4v) is 2.71. The van der Waals surface area contributed by atoms with Crippen molar-refractivity contribution in [3.05, 3.63) is 0 Å². The van der Waals surface area contributed by atoms with E-state index in [1.165, 1.54) is 7.11 Å². The van der Waals surface area contributed by atoms with Crippen LogP contribution in [0.25, 0.3) is 0 Å². The molecular weight excluding hydrogens is 300 g/mol. The minimum atomic E-state index is -1.20. The molecule has 2 saturated heterocycles. The molecule has 0 bridgehead atoms. The number of aliphatic hydroxyl groups excluding tert-OH is 5. The highest BCUT2D eigenvalue weighted by Gasteiger charge is 2.43. The third kappa shape index (κ3) is 3.94. The van der Waals surface area contributed by atoms with Crippen molar-refractivity contribution in [1.29, 1.82) is 0 Å². The third-order valence-corrected chi connectivity index (χ3v) is 3.97. The van der Waals surface area contributed by atoms with Crippen LogP contribution in [0.15, 0.2) is 0 Å². The number of hydrogen-bond donors (Lipinski definition) is 5. The topological polar surface area (TPSA) is 138 Å². The Kier molecular flexibility index (Phi) is 6.50. The van der Waals surface area contributed by atoms with Gasteiger partial charge in [-0.1, -0.05) is 0 Å². The first-order chi connectivity index (χ1) is 10.5. The van der Waals surface area contributed by atoms with Crippen LogP contribution in [0.3, 0.4) is 0 Å². The molecule has 0 radical (unpaired) electrons. The molecule has 22 heavy (non-hydrogen) atoms. The minimum absolute atomic E-state index is 0.0211. The second-order valence-corrected chi connectivity index (χ2v) is 5.51. The maximum atomic E-state index is 10.1. The van der Waals surface area contributed by atoms with Crippen LogP contribution in [0.4, 0.5) is 0 Å². The molecule has 2 fully saturated rings. The van der Waals surface area contributed by atoms with E-state index in [9.17, 15) is 20.4 Å². The summed E-state index contributed by atoms with van der Waals surface area (Å²) in [6.45, 7) is -0.861. The Hall–Kier alpha value is -0.360. The summed E-state index contributed by atoms with van der Waals surface area (Å²) in [5.74, 6) is 0. The molecule has 8 atom stereocenters. The minimum Gasteiger partial charge on any atom is -0.394 e. The molecule has 0 spiro atoms. The van der Waals surface area contributed by atoms with E-state index in [4.69, 9.17) is 24.1 Å². The summed E-state index contributed by atoms with van der Waals surface area (Å²) in [7, 11) is 1.43. The number of methoxy groups -OCH3 is 1. The zero-order valence-corrected chi connectivity index (χ0v) is 12.3. The second-order valence-electron chi connectivity index (χ2n) is 5.51. The first-order valence-electron chi connectivity index (χ1n) is 7.25. The van der Waals surface area contributed by atoms with Crippen molar-refractivity contribution < 1.29 is 44.5 Å². The van der Waals surface area contributed by atoms with E-state index < -0.39 is 55.8 Å². The highest BCUT2D eigenvalue weighted by Crippen LogP contribution is 2.28. The molecule has 0 aliphatic carbocycles. The normalized spacial score (nSPS) is 46.6. The average Bonchev–Trinajstić information content (AvgIpc) is 2.52. The lowest BCUT2D eigenvalue weighted by atomic mass is 10.00. The lowest BCUT2D eigenvalue weighted by Gasteiger charge is -2.42. The summed E-state index contributed by atoms with van der Waals surface area (Å²) >= 11 is 0. The van der Waals surface area contributed by atoms with Crippen LogP contribution in [0, 0.1) is 0 Å². The van der Waals surface area contributed by atoms with Gasteiger partial charge < -0.3 is 44.5 Å². The predicted octanol–water partition coefficient (Wildman–Crippen LogP) is -2.68. The van der Waals surface area contributed by atoms with Gasteiger partial charge in [-0.2, -0.15) is 0 Å². The smallest absolute Gasteiger partial charge is 0.161 e. The molecule has 2 aliphatic rings. The molecule has 2 rings (SSSR count). The van der Waals surface area contributed by atoms with Crippen LogP contribution >= 0.6 is 0 Å². The second kappa shape index (κ2) is 7.95. The Labute approximate surface area is 128 Å². The van der Waals surface area contributed by atoms with E-state index >= 15 is 0 Å². The van der Waals surface area contributed by atoms with Gasteiger partial charge in [0.15, 0.2) is 12.6 Å². The molecule has 9 nitrogen and oxygen atoms in total. The van der Waals surface area contributed by atoms with E-state index in [0.717, 1.165) is 0 Å². The maximum Gasteiger partial charge on any atom is 0.161 e. The molecule has 9 heteroatoms. The summed E-state index contributed by atoms with van der Waals surface area (Å²) in [4.78, 5) is 0. The van der Waals surface area contributed by atoms with Gasteiger partial charge in [0.25, 0.3) is 0 Å². The van der Waals surface area contributed by atoms with Gasteiger partial charge in [0.05, 0.1) is 25.4 Å². The van der Waals surface area contributed by atoms with Gasteiger partial charge in [0.1, 0.15) is 24.4 Å². The molecule has 5 N–H and O–H groups in total.